The van der Waals surface area contributed by atoms with Crippen LogP contribution in [0.5, 0.6) is 5.75 Å². The molecule has 1 aliphatic carbocycles. The molecule has 1 spiro atoms. The standard InChI is InChI=1S/C24H29NO2/c1-27-21-10-9-20-11-12-24(23(26)22(20)18-21)13-16-25(17-14-24)15-5-8-19-6-3-2-4-7-19/h2-4,6-7,9-10,18H,5,8,11-17H2,1H3. The van der Waals surface area contributed by atoms with E-state index < -0.39 is 0 Å². The predicted octanol–water partition coefficient (Wildman–Crippen LogP) is 4.54. The lowest BCUT2D eigenvalue weighted by Gasteiger charge is -2.43. The number of hydrogen-bond donors (Lipinski definition) is 0. The van der Waals surface area contributed by atoms with Crippen LogP contribution >= 0.6 is 0 Å². The van der Waals surface area contributed by atoms with Crippen LogP contribution in [-0.2, 0) is 12.8 Å². The second kappa shape index (κ2) is 7.85. The third-order valence-corrected chi connectivity index (χ3v) is 6.51. The number of likely N-dealkylation sites (tertiary alicyclic amines) is 1. The summed E-state index contributed by atoms with van der Waals surface area (Å²) in [6.07, 6.45) is 6.32. The van der Waals surface area contributed by atoms with Crippen molar-refractivity contribution in [1.82, 2.24) is 4.90 Å². The highest BCUT2D eigenvalue weighted by molar-refractivity contribution is 6.03. The maximum Gasteiger partial charge on any atom is 0.169 e. The summed E-state index contributed by atoms with van der Waals surface area (Å²) >= 11 is 0. The molecule has 0 aromatic heterocycles. The summed E-state index contributed by atoms with van der Waals surface area (Å²) in [5.74, 6) is 1.14. The molecule has 1 heterocycles. The molecule has 0 bridgehead atoms. The predicted molar refractivity (Wildman–Crippen MR) is 109 cm³/mol. The minimum Gasteiger partial charge on any atom is -0.497 e. The number of methoxy groups -OCH3 is 1. The van der Waals surface area contributed by atoms with Crippen LogP contribution in [0.25, 0.3) is 0 Å². The highest BCUT2D eigenvalue weighted by Crippen LogP contribution is 2.44. The smallest absolute Gasteiger partial charge is 0.169 e. The first-order valence-corrected chi connectivity index (χ1v) is 10.2. The van der Waals surface area contributed by atoms with E-state index >= 15 is 0 Å². The Kier molecular flexibility index (Phi) is 5.31. The number of Topliss-reactive ketones (excluding diaryl/α,β-unsaturated/α-hetero) is 1. The van der Waals surface area contributed by atoms with Crippen LogP contribution in [0.4, 0.5) is 0 Å². The van der Waals surface area contributed by atoms with Crippen molar-refractivity contribution in [3.05, 3.63) is 65.2 Å². The van der Waals surface area contributed by atoms with Crippen LogP contribution in [0.15, 0.2) is 48.5 Å². The molecule has 0 amide bonds. The average molecular weight is 364 g/mol. The van der Waals surface area contributed by atoms with Gasteiger partial charge in [-0.15, -0.1) is 0 Å². The molecule has 2 aromatic rings. The topological polar surface area (TPSA) is 29.5 Å². The fourth-order valence-electron chi connectivity index (χ4n) is 4.72. The van der Waals surface area contributed by atoms with Gasteiger partial charge in [0.25, 0.3) is 0 Å². The summed E-state index contributed by atoms with van der Waals surface area (Å²) in [5.41, 5.74) is 3.36. The van der Waals surface area contributed by atoms with Gasteiger partial charge in [-0.25, -0.2) is 0 Å². The normalized spacial score (nSPS) is 19.1. The number of rotatable bonds is 5. The zero-order valence-corrected chi connectivity index (χ0v) is 16.2. The summed E-state index contributed by atoms with van der Waals surface area (Å²) < 4.78 is 5.34. The number of fused-ring (bicyclic) bond motifs is 1. The largest absolute Gasteiger partial charge is 0.497 e. The Hall–Kier alpha value is -2.13. The Bertz CT molecular complexity index is 791. The van der Waals surface area contributed by atoms with Crippen molar-refractivity contribution < 1.29 is 9.53 Å². The second-order valence-corrected chi connectivity index (χ2v) is 8.06. The molecule has 0 atom stereocenters. The number of hydrogen-bond acceptors (Lipinski definition) is 3. The summed E-state index contributed by atoms with van der Waals surface area (Å²) in [6.45, 7) is 3.21. The fraction of sp³-hybridized carbons (Fsp3) is 0.458. The van der Waals surface area contributed by atoms with E-state index in [9.17, 15) is 4.79 Å². The molecule has 0 saturated carbocycles. The summed E-state index contributed by atoms with van der Waals surface area (Å²) in [6, 6.07) is 16.7. The monoisotopic (exact) mass is 363 g/mol. The molecule has 27 heavy (non-hydrogen) atoms. The van der Waals surface area contributed by atoms with E-state index in [1.54, 1.807) is 7.11 Å². The molecule has 0 radical (unpaired) electrons. The van der Waals surface area contributed by atoms with Crippen molar-refractivity contribution >= 4 is 5.78 Å². The Morgan fingerprint density at radius 2 is 1.81 bits per heavy atom. The molecule has 2 aromatic carbocycles. The number of ketones is 1. The first-order valence-electron chi connectivity index (χ1n) is 10.2. The fourth-order valence-corrected chi connectivity index (χ4v) is 4.72. The van der Waals surface area contributed by atoms with Gasteiger partial charge in [-0.1, -0.05) is 36.4 Å². The van der Waals surface area contributed by atoms with Crippen LogP contribution in [0, 0.1) is 5.41 Å². The quantitative estimate of drug-likeness (QED) is 0.781. The van der Waals surface area contributed by atoms with Gasteiger partial charge < -0.3 is 9.64 Å². The van der Waals surface area contributed by atoms with Gasteiger partial charge in [0.05, 0.1) is 7.11 Å². The maximum atomic E-state index is 13.3. The minimum atomic E-state index is -0.144. The summed E-state index contributed by atoms with van der Waals surface area (Å²) in [4.78, 5) is 15.8. The van der Waals surface area contributed by atoms with Gasteiger partial charge in [0, 0.05) is 11.0 Å². The number of nitrogens with zero attached hydrogens (tertiary/aromatic N) is 1. The second-order valence-electron chi connectivity index (χ2n) is 8.06. The minimum absolute atomic E-state index is 0.144. The molecule has 3 heteroatoms. The van der Waals surface area contributed by atoms with Crippen LogP contribution in [-0.4, -0.2) is 37.4 Å². The molecule has 0 N–H and O–H groups in total. The van der Waals surface area contributed by atoms with Crippen molar-refractivity contribution in [3.63, 3.8) is 0 Å². The van der Waals surface area contributed by atoms with E-state index in [-0.39, 0.29) is 5.41 Å². The molecule has 0 unspecified atom stereocenters. The van der Waals surface area contributed by atoms with Crippen LogP contribution in [0.2, 0.25) is 0 Å². The van der Waals surface area contributed by atoms with Gasteiger partial charge in [-0.05, 0) is 81.4 Å². The average Bonchev–Trinajstić information content (AvgIpc) is 2.73. The highest BCUT2D eigenvalue weighted by atomic mass is 16.5. The van der Waals surface area contributed by atoms with Gasteiger partial charge in [0.15, 0.2) is 5.78 Å². The van der Waals surface area contributed by atoms with Gasteiger partial charge in [0.2, 0.25) is 0 Å². The van der Waals surface area contributed by atoms with Crippen LogP contribution in [0.1, 0.15) is 47.2 Å². The van der Waals surface area contributed by atoms with Crippen molar-refractivity contribution in [2.45, 2.75) is 38.5 Å². The lowest BCUT2D eigenvalue weighted by atomic mass is 9.65. The molecule has 2 aliphatic rings. The molecule has 1 aliphatic heterocycles. The third-order valence-electron chi connectivity index (χ3n) is 6.51. The molecule has 3 nitrogen and oxygen atoms in total. The van der Waals surface area contributed by atoms with Gasteiger partial charge >= 0.3 is 0 Å². The van der Waals surface area contributed by atoms with Crippen molar-refractivity contribution in [1.29, 1.82) is 0 Å². The molecule has 142 valence electrons. The van der Waals surface area contributed by atoms with Gasteiger partial charge in [-0.3, -0.25) is 4.79 Å². The maximum absolute atomic E-state index is 13.3. The summed E-state index contributed by atoms with van der Waals surface area (Å²) in [7, 11) is 1.67. The van der Waals surface area contributed by atoms with Crippen molar-refractivity contribution in [2.24, 2.45) is 5.41 Å². The Labute approximate surface area is 162 Å². The first kappa shape index (κ1) is 18.2. The van der Waals surface area contributed by atoms with Crippen molar-refractivity contribution in [3.8, 4) is 5.75 Å². The third kappa shape index (κ3) is 3.79. The van der Waals surface area contributed by atoms with E-state index in [0.29, 0.717) is 5.78 Å². The molecule has 1 fully saturated rings. The van der Waals surface area contributed by atoms with E-state index in [1.165, 1.54) is 17.5 Å². The number of carbonyl (C=O) groups excluding carboxylic acids is 1. The van der Waals surface area contributed by atoms with E-state index in [0.717, 1.165) is 63.1 Å². The lowest BCUT2D eigenvalue weighted by molar-refractivity contribution is 0.0540. The number of carbonyl (C=O) groups is 1. The zero-order chi connectivity index (χ0) is 18.7. The molecule has 1 saturated heterocycles. The van der Waals surface area contributed by atoms with Gasteiger partial charge in [-0.2, -0.15) is 0 Å². The Morgan fingerprint density at radius 1 is 1.04 bits per heavy atom. The Balaban J connectivity index is 1.35. The number of benzene rings is 2. The molecule has 4 rings (SSSR count). The van der Waals surface area contributed by atoms with Crippen molar-refractivity contribution in [2.75, 3.05) is 26.7 Å². The van der Waals surface area contributed by atoms with E-state index in [2.05, 4.69) is 41.3 Å². The number of ether oxygens (including phenoxy) is 1. The SMILES string of the molecule is COc1ccc2c(c1)C(=O)C1(CC2)CCN(CCCc2ccccc2)CC1. The van der Waals surface area contributed by atoms with Gasteiger partial charge in [0.1, 0.15) is 5.75 Å². The van der Waals surface area contributed by atoms with E-state index in [1.807, 2.05) is 12.1 Å². The lowest BCUT2D eigenvalue weighted by Crippen LogP contribution is -2.46. The molecular weight excluding hydrogens is 334 g/mol. The number of piperidine rings is 1. The summed E-state index contributed by atoms with van der Waals surface area (Å²) in [5, 5.41) is 0. The first-order chi connectivity index (χ1) is 13.2. The Morgan fingerprint density at radius 3 is 2.56 bits per heavy atom. The van der Waals surface area contributed by atoms with E-state index in [4.69, 9.17) is 4.74 Å². The zero-order valence-electron chi connectivity index (χ0n) is 16.2. The number of aryl methyl sites for hydroxylation is 2. The van der Waals surface area contributed by atoms with Crippen LogP contribution in [0.3, 0.4) is 0 Å². The highest BCUT2D eigenvalue weighted by Gasteiger charge is 2.44. The van der Waals surface area contributed by atoms with Crippen LogP contribution < -0.4 is 4.74 Å². The molecular formula is C24H29NO2.